The molecule has 20 heavy (non-hydrogen) atoms. The van der Waals surface area contributed by atoms with Crippen LogP contribution >= 0.6 is 15.9 Å². The Bertz CT molecular complexity index is 588. The molecule has 2 nitrogen and oxygen atoms in total. The summed E-state index contributed by atoms with van der Waals surface area (Å²) in [5, 5.41) is 10.4. The molecule has 0 heterocycles. The fraction of sp³-hybridized carbons (Fsp3) is 0.294. The Kier molecular flexibility index (Phi) is 4.84. The molecule has 0 aliphatic rings. The maximum absolute atomic E-state index is 10.4. The van der Waals surface area contributed by atoms with Crippen molar-refractivity contribution in [3.05, 3.63) is 63.1 Å². The maximum Gasteiger partial charge on any atom is 0.133 e. The second-order valence-electron chi connectivity index (χ2n) is 5.11. The third-order valence-corrected chi connectivity index (χ3v) is 3.89. The molecule has 0 fully saturated rings. The maximum atomic E-state index is 10.4. The Hall–Kier alpha value is -1.32. The zero-order chi connectivity index (χ0) is 14.7. The molecule has 3 heteroatoms. The van der Waals surface area contributed by atoms with E-state index in [-0.39, 0.29) is 0 Å². The van der Waals surface area contributed by atoms with Gasteiger partial charge in [0.25, 0.3) is 0 Å². The molecule has 0 amide bonds. The van der Waals surface area contributed by atoms with Crippen LogP contribution in [0.4, 0.5) is 0 Å². The van der Waals surface area contributed by atoms with E-state index >= 15 is 0 Å². The van der Waals surface area contributed by atoms with Crippen molar-refractivity contribution in [1.29, 1.82) is 0 Å². The standard InChI is InChI=1S/C17H19BrO2/c1-11-6-12(2)8-14(7-11)16(19)10-13-4-5-17(20-3)15(18)9-13/h4-9,16,19H,10H2,1-3H3. The molecule has 1 atom stereocenters. The van der Waals surface area contributed by atoms with Crippen LogP contribution < -0.4 is 4.74 Å². The summed E-state index contributed by atoms with van der Waals surface area (Å²) in [5.41, 5.74) is 4.39. The van der Waals surface area contributed by atoms with E-state index in [1.807, 2.05) is 44.2 Å². The lowest BCUT2D eigenvalue weighted by Gasteiger charge is -2.14. The summed E-state index contributed by atoms with van der Waals surface area (Å²) in [7, 11) is 1.64. The van der Waals surface area contributed by atoms with Crippen LogP contribution in [0.25, 0.3) is 0 Å². The van der Waals surface area contributed by atoms with E-state index in [9.17, 15) is 5.11 Å². The first kappa shape index (κ1) is 15.1. The number of aryl methyl sites for hydroxylation is 2. The van der Waals surface area contributed by atoms with E-state index in [1.165, 1.54) is 11.1 Å². The van der Waals surface area contributed by atoms with Crippen LogP contribution in [0.2, 0.25) is 0 Å². The van der Waals surface area contributed by atoms with Gasteiger partial charge in [-0.05, 0) is 53.0 Å². The van der Waals surface area contributed by atoms with Gasteiger partial charge in [0.15, 0.2) is 0 Å². The van der Waals surface area contributed by atoms with Crippen LogP contribution in [-0.2, 0) is 6.42 Å². The minimum Gasteiger partial charge on any atom is -0.496 e. The number of aliphatic hydroxyl groups is 1. The molecule has 2 rings (SSSR count). The number of rotatable bonds is 4. The number of hydrogen-bond donors (Lipinski definition) is 1. The lowest BCUT2D eigenvalue weighted by molar-refractivity contribution is 0.178. The second kappa shape index (κ2) is 6.42. The van der Waals surface area contributed by atoms with Gasteiger partial charge in [-0.25, -0.2) is 0 Å². The molecule has 0 aliphatic heterocycles. The monoisotopic (exact) mass is 334 g/mol. The first-order valence-corrected chi connectivity index (χ1v) is 7.37. The minimum absolute atomic E-state index is 0.492. The Balaban J connectivity index is 2.18. The predicted molar refractivity (Wildman–Crippen MR) is 85.3 cm³/mol. The van der Waals surface area contributed by atoms with Gasteiger partial charge in [0.05, 0.1) is 17.7 Å². The molecule has 2 aromatic carbocycles. The number of aliphatic hydroxyl groups excluding tert-OH is 1. The molecular formula is C17H19BrO2. The van der Waals surface area contributed by atoms with Gasteiger partial charge in [-0.15, -0.1) is 0 Å². The molecule has 1 N–H and O–H groups in total. The van der Waals surface area contributed by atoms with Crippen molar-refractivity contribution in [2.45, 2.75) is 26.4 Å². The SMILES string of the molecule is COc1ccc(CC(O)c2cc(C)cc(C)c2)cc1Br. The minimum atomic E-state index is -0.492. The van der Waals surface area contributed by atoms with Gasteiger partial charge in [0.1, 0.15) is 5.75 Å². The molecule has 106 valence electrons. The predicted octanol–water partition coefficient (Wildman–Crippen LogP) is 4.35. The zero-order valence-electron chi connectivity index (χ0n) is 12.0. The van der Waals surface area contributed by atoms with Crippen LogP contribution in [0, 0.1) is 13.8 Å². The summed E-state index contributed by atoms with van der Waals surface area (Å²) >= 11 is 3.47. The average molecular weight is 335 g/mol. The Morgan fingerprint density at radius 1 is 1.10 bits per heavy atom. The Morgan fingerprint density at radius 2 is 1.75 bits per heavy atom. The van der Waals surface area contributed by atoms with Gasteiger partial charge in [0.2, 0.25) is 0 Å². The molecule has 2 aromatic rings. The number of hydrogen-bond acceptors (Lipinski definition) is 2. The molecule has 0 aromatic heterocycles. The van der Waals surface area contributed by atoms with E-state index in [0.29, 0.717) is 6.42 Å². The lowest BCUT2D eigenvalue weighted by Crippen LogP contribution is -2.03. The van der Waals surface area contributed by atoms with Crippen LogP contribution in [0.15, 0.2) is 40.9 Å². The number of halogens is 1. The average Bonchev–Trinajstić information content (AvgIpc) is 2.37. The quantitative estimate of drug-likeness (QED) is 0.900. The molecule has 0 saturated carbocycles. The fourth-order valence-electron chi connectivity index (χ4n) is 2.38. The molecule has 1 unspecified atom stereocenters. The smallest absolute Gasteiger partial charge is 0.133 e. The van der Waals surface area contributed by atoms with Crippen molar-refractivity contribution in [3.63, 3.8) is 0 Å². The highest BCUT2D eigenvalue weighted by Gasteiger charge is 2.11. The van der Waals surface area contributed by atoms with Crippen molar-refractivity contribution in [2.24, 2.45) is 0 Å². The summed E-state index contributed by atoms with van der Waals surface area (Å²) in [6.07, 6.45) is 0.0970. The van der Waals surface area contributed by atoms with Crippen LogP contribution in [0.3, 0.4) is 0 Å². The summed E-state index contributed by atoms with van der Waals surface area (Å²) in [6.45, 7) is 4.10. The number of benzene rings is 2. The topological polar surface area (TPSA) is 29.5 Å². The fourth-order valence-corrected chi connectivity index (χ4v) is 2.97. The third kappa shape index (κ3) is 3.62. The van der Waals surface area contributed by atoms with Crippen molar-refractivity contribution in [3.8, 4) is 5.75 Å². The highest BCUT2D eigenvalue weighted by Crippen LogP contribution is 2.28. The molecule has 0 spiro atoms. The van der Waals surface area contributed by atoms with Crippen molar-refractivity contribution in [2.75, 3.05) is 7.11 Å². The summed E-state index contributed by atoms with van der Waals surface area (Å²) < 4.78 is 6.12. The largest absolute Gasteiger partial charge is 0.496 e. The van der Waals surface area contributed by atoms with Crippen LogP contribution in [0.1, 0.15) is 28.4 Å². The molecule has 0 bridgehead atoms. The molecule has 0 aliphatic carbocycles. The van der Waals surface area contributed by atoms with Gasteiger partial charge in [-0.3, -0.25) is 0 Å². The third-order valence-electron chi connectivity index (χ3n) is 3.27. The van der Waals surface area contributed by atoms with Crippen LogP contribution in [0.5, 0.6) is 5.75 Å². The Labute approximate surface area is 128 Å². The number of ether oxygens (including phenoxy) is 1. The van der Waals surface area contributed by atoms with E-state index in [0.717, 1.165) is 21.3 Å². The summed E-state index contributed by atoms with van der Waals surface area (Å²) in [4.78, 5) is 0. The normalized spacial score (nSPS) is 12.2. The van der Waals surface area contributed by atoms with Gasteiger partial charge in [0, 0.05) is 6.42 Å². The van der Waals surface area contributed by atoms with Crippen molar-refractivity contribution >= 4 is 15.9 Å². The van der Waals surface area contributed by atoms with E-state index in [4.69, 9.17) is 4.74 Å². The first-order valence-electron chi connectivity index (χ1n) is 6.58. The lowest BCUT2D eigenvalue weighted by atomic mass is 9.98. The summed E-state index contributed by atoms with van der Waals surface area (Å²) in [6, 6.07) is 12.1. The molecular weight excluding hydrogens is 316 g/mol. The molecule has 0 radical (unpaired) electrons. The highest BCUT2D eigenvalue weighted by atomic mass is 79.9. The van der Waals surface area contributed by atoms with Gasteiger partial charge in [-0.1, -0.05) is 35.4 Å². The van der Waals surface area contributed by atoms with E-state index in [2.05, 4.69) is 22.0 Å². The summed E-state index contributed by atoms with van der Waals surface area (Å²) in [5.74, 6) is 0.801. The molecule has 0 saturated heterocycles. The Morgan fingerprint density at radius 3 is 2.30 bits per heavy atom. The van der Waals surface area contributed by atoms with Gasteiger partial charge >= 0.3 is 0 Å². The zero-order valence-corrected chi connectivity index (χ0v) is 13.6. The second-order valence-corrected chi connectivity index (χ2v) is 5.96. The van der Waals surface area contributed by atoms with Crippen LogP contribution in [-0.4, -0.2) is 12.2 Å². The first-order chi connectivity index (χ1) is 9.49. The number of methoxy groups -OCH3 is 1. The van der Waals surface area contributed by atoms with E-state index < -0.39 is 6.10 Å². The van der Waals surface area contributed by atoms with Gasteiger partial charge in [-0.2, -0.15) is 0 Å². The van der Waals surface area contributed by atoms with Crippen molar-refractivity contribution in [1.82, 2.24) is 0 Å². The van der Waals surface area contributed by atoms with E-state index in [1.54, 1.807) is 7.11 Å². The van der Waals surface area contributed by atoms with Gasteiger partial charge < -0.3 is 9.84 Å². The van der Waals surface area contributed by atoms with Crippen molar-refractivity contribution < 1.29 is 9.84 Å². The highest BCUT2D eigenvalue weighted by molar-refractivity contribution is 9.10.